The van der Waals surface area contributed by atoms with Gasteiger partial charge in [-0.2, -0.15) is 0 Å². The van der Waals surface area contributed by atoms with E-state index < -0.39 is 5.82 Å². The highest BCUT2D eigenvalue weighted by atomic mass is 19.1. The molecule has 0 spiro atoms. The Kier molecular flexibility index (Phi) is 3.96. The van der Waals surface area contributed by atoms with Crippen molar-refractivity contribution in [1.29, 1.82) is 0 Å². The van der Waals surface area contributed by atoms with Gasteiger partial charge in [0.05, 0.1) is 24.6 Å². The number of carbonyl (C=O) groups excluding carboxylic acids is 1. The average molecular weight is 289 g/mol. The van der Waals surface area contributed by atoms with E-state index in [4.69, 9.17) is 4.42 Å². The van der Waals surface area contributed by atoms with E-state index in [1.165, 1.54) is 12.3 Å². The Bertz CT molecular complexity index is 607. The average Bonchev–Trinajstić information content (AvgIpc) is 3.01. The molecule has 1 aliphatic rings. The van der Waals surface area contributed by atoms with Crippen LogP contribution in [0.4, 0.5) is 4.39 Å². The molecule has 110 valence electrons. The molecule has 0 aromatic carbocycles. The van der Waals surface area contributed by atoms with E-state index in [2.05, 4.69) is 9.88 Å². The molecular formula is C15H16FN3O2. The summed E-state index contributed by atoms with van der Waals surface area (Å²) in [5.74, 6) is 0.0722. The predicted octanol–water partition coefficient (Wildman–Crippen LogP) is 1.77. The van der Waals surface area contributed by atoms with E-state index >= 15 is 0 Å². The molecule has 1 saturated heterocycles. The molecule has 0 bridgehead atoms. The molecule has 0 N–H and O–H groups in total. The predicted molar refractivity (Wildman–Crippen MR) is 74.1 cm³/mol. The molecule has 0 atom stereocenters. The summed E-state index contributed by atoms with van der Waals surface area (Å²) in [4.78, 5) is 19.8. The Labute approximate surface area is 122 Å². The molecule has 5 nitrogen and oxygen atoms in total. The Morgan fingerprint density at radius 1 is 1.29 bits per heavy atom. The highest BCUT2D eigenvalue weighted by molar-refractivity contribution is 5.94. The van der Waals surface area contributed by atoms with Gasteiger partial charge in [0.1, 0.15) is 5.76 Å². The van der Waals surface area contributed by atoms with Crippen LogP contribution in [0.25, 0.3) is 0 Å². The minimum Gasteiger partial charge on any atom is -0.468 e. The van der Waals surface area contributed by atoms with Crippen molar-refractivity contribution >= 4 is 5.91 Å². The number of nitrogens with zero attached hydrogens (tertiary/aromatic N) is 3. The maximum absolute atomic E-state index is 13.6. The van der Waals surface area contributed by atoms with Crippen LogP contribution in [0.15, 0.2) is 41.3 Å². The molecule has 21 heavy (non-hydrogen) atoms. The highest BCUT2D eigenvalue weighted by Gasteiger charge is 2.24. The van der Waals surface area contributed by atoms with E-state index in [-0.39, 0.29) is 11.5 Å². The molecule has 0 aliphatic carbocycles. The van der Waals surface area contributed by atoms with E-state index in [0.29, 0.717) is 13.1 Å². The van der Waals surface area contributed by atoms with Gasteiger partial charge in [-0.3, -0.25) is 14.7 Å². The lowest BCUT2D eigenvalue weighted by Crippen LogP contribution is -2.48. The number of piperazine rings is 1. The van der Waals surface area contributed by atoms with Gasteiger partial charge in [0, 0.05) is 32.4 Å². The monoisotopic (exact) mass is 289 g/mol. The Morgan fingerprint density at radius 2 is 2.10 bits per heavy atom. The Hall–Kier alpha value is -2.21. The fourth-order valence-corrected chi connectivity index (χ4v) is 2.45. The normalized spacial score (nSPS) is 16.1. The van der Waals surface area contributed by atoms with Crippen molar-refractivity contribution in [2.45, 2.75) is 6.54 Å². The first-order valence-corrected chi connectivity index (χ1v) is 6.87. The van der Waals surface area contributed by atoms with Crippen molar-refractivity contribution in [3.63, 3.8) is 0 Å². The van der Waals surface area contributed by atoms with E-state index in [1.54, 1.807) is 11.2 Å². The Balaban J connectivity index is 1.58. The minimum atomic E-state index is -0.569. The van der Waals surface area contributed by atoms with Crippen molar-refractivity contribution in [3.8, 4) is 0 Å². The van der Waals surface area contributed by atoms with Crippen molar-refractivity contribution in [2.75, 3.05) is 26.2 Å². The molecule has 1 amide bonds. The van der Waals surface area contributed by atoms with Gasteiger partial charge >= 0.3 is 0 Å². The minimum absolute atomic E-state index is 0.0875. The SMILES string of the molecule is O=C(c1ccncc1F)N1CCN(Cc2ccco2)CC1. The van der Waals surface area contributed by atoms with Crippen molar-refractivity contribution in [1.82, 2.24) is 14.8 Å². The van der Waals surface area contributed by atoms with E-state index in [0.717, 1.165) is 31.6 Å². The lowest BCUT2D eigenvalue weighted by molar-refractivity contribution is 0.0615. The lowest BCUT2D eigenvalue weighted by Gasteiger charge is -2.34. The number of furan rings is 1. The molecular weight excluding hydrogens is 273 g/mol. The maximum Gasteiger partial charge on any atom is 0.257 e. The largest absolute Gasteiger partial charge is 0.468 e. The van der Waals surface area contributed by atoms with Crippen LogP contribution < -0.4 is 0 Å². The van der Waals surface area contributed by atoms with Gasteiger partial charge in [0.25, 0.3) is 5.91 Å². The van der Waals surface area contributed by atoms with Crippen LogP contribution in [-0.4, -0.2) is 46.9 Å². The standard InChI is InChI=1S/C15H16FN3O2/c16-14-10-17-4-3-13(14)15(20)19-7-5-18(6-8-19)11-12-2-1-9-21-12/h1-4,9-10H,5-8,11H2. The lowest BCUT2D eigenvalue weighted by atomic mass is 10.2. The summed E-state index contributed by atoms with van der Waals surface area (Å²) in [5.41, 5.74) is 0.0875. The quantitative estimate of drug-likeness (QED) is 0.864. The second-order valence-corrected chi connectivity index (χ2v) is 5.00. The zero-order valence-electron chi connectivity index (χ0n) is 11.5. The van der Waals surface area contributed by atoms with Crippen molar-refractivity contribution in [3.05, 3.63) is 54.0 Å². The molecule has 0 radical (unpaired) electrons. The molecule has 2 aromatic heterocycles. The molecule has 0 saturated carbocycles. The number of halogens is 1. The highest BCUT2D eigenvalue weighted by Crippen LogP contribution is 2.13. The van der Waals surface area contributed by atoms with Crippen LogP contribution in [0.3, 0.4) is 0 Å². The number of hydrogen-bond acceptors (Lipinski definition) is 4. The number of pyridine rings is 1. The smallest absolute Gasteiger partial charge is 0.257 e. The summed E-state index contributed by atoms with van der Waals surface area (Å²) in [5, 5.41) is 0. The summed E-state index contributed by atoms with van der Waals surface area (Å²) in [6, 6.07) is 5.22. The summed E-state index contributed by atoms with van der Waals surface area (Å²) >= 11 is 0. The van der Waals surface area contributed by atoms with E-state index in [1.807, 2.05) is 12.1 Å². The zero-order valence-corrected chi connectivity index (χ0v) is 11.5. The summed E-state index contributed by atoms with van der Waals surface area (Å²) in [6.45, 7) is 3.40. The molecule has 1 fully saturated rings. The third kappa shape index (κ3) is 3.11. The zero-order chi connectivity index (χ0) is 14.7. The first kappa shape index (κ1) is 13.8. The number of rotatable bonds is 3. The first-order valence-electron chi connectivity index (χ1n) is 6.87. The van der Waals surface area contributed by atoms with Crippen LogP contribution in [0, 0.1) is 5.82 Å². The summed E-state index contributed by atoms with van der Waals surface area (Å²) in [7, 11) is 0. The molecule has 0 unspecified atom stereocenters. The van der Waals surface area contributed by atoms with Gasteiger partial charge in [-0.1, -0.05) is 0 Å². The molecule has 3 heterocycles. The van der Waals surface area contributed by atoms with Gasteiger partial charge in [0.2, 0.25) is 0 Å². The number of carbonyl (C=O) groups is 1. The fraction of sp³-hybridized carbons (Fsp3) is 0.333. The Morgan fingerprint density at radius 3 is 2.76 bits per heavy atom. The van der Waals surface area contributed by atoms with Gasteiger partial charge in [-0.25, -0.2) is 4.39 Å². The molecule has 1 aliphatic heterocycles. The van der Waals surface area contributed by atoms with Gasteiger partial charge in [-0.05, 0) is 18.2 Å². The van der Waals surface area contributed by atoms with Crippen LogP contribution in [-0.2, 0) is 6.54 Å². The summed E-state index contributed by atoms with van der Waals surface area (Å²) < 4.78 is 18.9. The number of amides is 1. The van der Waals surface area contributed by atoms with E-state index in [9.17, 15) is 9.18 Å². The second kappa shape index (κ2) is 6.05. The number of aromatic nitrogens is 1. The molecule has 6 heteroatoms. The summed E-state index contributed by atoms with van der Waals surface area (Å²) in [6.07, 6.45) is 4.16. The second-order valence-electron chi connectivity index (χ2n) is 5.00. The third-order valence-electron chi connectivity index (χ3n) is 3.62. The van der Waals surface area contributed by atoms with Crippen LogP contribution in [0.2, 0.25) is 0 Å². The topological polar surface area (TPSA) is 49.6 Å². The number of hydrogen-bond donors (Lipinski definition) is 0. The van der Waals surface area contributed by atoms with Gasteiger partial charge in [-0.15, -0.1) is 0 Å². The van der Waals surface area contributed by atoms with Gasteiger partial charge < -0.3 is 9.32 Å². The molecule has 2 aromatic rings. The fourth-order valence-electron chi connectivity index (χ4n) is 2.45. The van der Waals surface area contributed by atoms with Crippen LogP contribution in [0.5, 0.6) is 0 Å². The van der Waals surface area contributed by atoms with Crippen LogP contribution in [0.1, 0.15) is 16.1 Å². The first-order chi connectivity index (χ1) is 10.2. The van der Waals surface area contributed by atoms with Crippen molar-refractivity contribution in [2.24, 2.45) is 0 Å². The van der Waals surface area contributed by atoms with Gasteiger partial charge in [0.15, 0.2) is 5.82 Å². The third-order valence-corrected chi connectivity index (χ3v) is 3.62. The van der Waals surface area contributed by atoms with Crippen molar-refractivity contribution < 1.29 is 13.6 Å². The molecule has 3 rings (SSSR count). The van der Waals surface area contributed by atoms with Crippen LogP contribution >= 0.6 is 0 Å². The maximum atomic E-state index is 13.6.